The second-order valence-electron chi connectivity index (χ2n) is 10.1. The van der Waals surface area contributed by atoms with Gasteiger partial charge in [-0.1, -0.05) is 24.3 Å². The van der Waals surface area contributed by atoms with E-state index in [1.165, 1.54) is 19.2 Å². The van der Waals surface area contributed by atoms with Gasteiger partial charge in [0.2, 0.25) is 5.78 Å². The number of rotatable bonds is 6. The molecule has 0 unspecified atom stereocenters. The number of ketones is 2. The number of phenols is 1. The zero-order valence-corrected chi connectivity index (χ0v) is 21.4. The molecular formula is C29H26N2O9. The number of nitroso groups, excluding NO2 is 1. The molecule has 0 bridgehead atoms. The number of aliphatic hydroxyl groups is 3. The lowest BCUT2D eigenvalue weighted by Crippen LogP contribution is -2.58. The van der Waals surface area contributed by atoms with Crippen LogP contribution >= 0.6 is 0 Å². The molecule has 2 aromatic rings. The normalized spacial score (nSPS) is 24.1. The SMILES string of the molecule is COc1cc(C/C=C\c2ccc(N=O)c3c2C[C@H]2C[C@H]4CC(=O)C(C(N)=O)=C(O)[C@@]4(O)C(=O)C2=C3O)ccc1O. The average Bonchev–Trinajstić information content (AvgIpc) is 2.91. The number of benzene rings is 2. The topological polar surface area (TPSA) is 197 Å². The molecule has 2 aromatic carbocycles. The Bertz CT molecular complexity index is 1590. The van der Waals surface area contributed by atoms with E-state index in [1.807, 2.05) is 6.08 Å². The number of nitrogens with zero attached hydrogens (tertiary/aromatic N) is 1. The summed E-state index contributed by atoms with van der Waals surface area (Å²) in [5.74, 6) is -6.12. The van der Waals surface area contributed by atoms with Crippen LogP contribution in [0.25, 0.3) is 11.8 Å². The number of methoxy groups -OCH3 is 1. The van der Waals surface area contributed by atoms with Crippen molar-refractivity contribution in [1.82, 2.24) is 0 Å². The van der Waals surface area contributed by atoms with E-state index in [9.17, 15) is 39.7 Å². The van der Waals surface area contributed by atoms with Crippen LogP contribution in [0, 0.1) is 16.7 Å². The van der Waals surface area contributed by atoms with Gasteiger partial charge >= 0.3 is 0 Å². The third kappa shape index (κ3) is 3.97. The van der Waals surface area contributed by atoms with Crippen LogP contribution in [-0.2, 0) is 27.2 Å². The summed E-state index contributed by atoms with van der Waals surface area (Å²) in [5, 5.41) is 46.1. The molecule has 206 valence electrons. The Balaban J connectivity index is 1.57. The average molecular weight is 547 g/mol. The maximum atomic E-state index is 13.6. The first-order chi connectivity index (χ1) is 19.0. The van der Waals surface area contributed by atoms with E-state index in [-0.39, 0.29) is 41.8 Å². The number of carbonyl (C=O) groups excluding carboxylic acids is 3. The zero-order valence-electron chi connectivity index (χ0n) is 21.4. The Hall–Kier alpha value is -4.77. The van der Waals surface area contributed by atoms with Crippen LogP contribution in [0.5, 0.6) is 11.5 Å². The van der Waals surface area contributed by atoms with Crippen LogP contribution in [0.15, 0.2) is 58.5 Å². The summed E-state index contributed by atoms with van der Waals surface area (Å²) in [5.41, 5.74) is 3.55. The summed E-state index contributed by atoms with van der Waals surface area (Å²) < 4.78 is 5.14. The highest BCUT2D eigenvalue weighted by Gasteiger charge is 2.60. The van der Waals surface area contributed by atoms with E-state index in [0.717, 1.165) is 5.56 Å². The summed E-state index contributed by atoms with van der Waals surface area (Å²) >= 11 is 0. The van der Waals surface area contributed by atoms with Gasteiger partial charge in [0.25, 0.3) is 5.91 Å². The van der Waals surface area contributed by atoms with Crippen molar-refractivity contribution in [2.45, 2.75) is 31.3 Å². The van der Waals surface area contributed by atoms with Crippen LogP contribution in [-0.4, -0.2) is 50.6 Å². The highest BCUT2D eigenvalue weighted by Crippen LogP contribution is 2.52. The molecular weight excluding hydrogens is 520 g/mol. The molecule has 1 saturated carbocycles. The Morgan fingerprint density at radius 2 is 1.93 bits per heavy atom. The molecule has 1 fully saturated rings. The quantitative estimate of drug-likeness (QED) is 0.267. The van der Waals surface area contributed by atoms with E-state index in [0.29, 0.717) is 23.3 Å². The van der Waals surface area contributed by atoms with Gasteiger partial charge < -0.3 is 30.9 Å². The fourth-order valence-electron chi connectivity index (χ4n) is 6.05. The summed E-state index contributed by atoms with van der Waals surface area (Å²) in [6, 6.07) is 8.03. The van der Waals surface area contributed by atoms with Gasteiger partial charge in [0.05, 0.1) is 7.11 Å². The lowest BCUT2D eigenvalue weighted by Gasteiger charge is -2.46. The fraction of sp³-hybridized carbons (Fsp3) is 0.276. The number of Topliss-reactive ketones (excluding diaryl/α,β-unsaturated/α-hetero) is 2. The van der Waals surface area contributed by atoms with E-state index < -0.39 is 52.0 Å². The molecule has 1 amide bonds. The van der Waals surface area contributed by atoms with Crippen LogP contribution in [0.3, 0.4) is 0 Å². The smallest absolute Gasteiger partial charge is 0.255 e. The van der Waals surface area contributed by atoms with Crippen LogP contribution < -0.4 is 10.5 Å². The third-order valence-corrected chi connectivity index (χ3v) is 7.98. The first-order valence-electron chi connectivity index (χ1n) is 12.5. The minimum Gasteiger partial charge on any atom is -0.508 e. The van der Waals surface area contributed by atoms with Crippen molar-refractivity contribution >= 4 is 35.0 Å². The highest BCUT2D eigenvalue weighted by molar-refractivity contribution is 6.22. The van der Waals surface area contributed by atoms with Gasteiger partial charge in [-0.25, -0.2) is 0 Å². The zero-order chi connectivity index (χ0) is 28.9. The number of hydrogen-bond acceptors (Lipinski definition) is 10. The number of amides is 1. The predicted molar refractivity (Wildman–Crippen MR) is 143 cm³/mol. The van der Waals surface area contributed by atoms with Crippen molar-refractivity contribution in [2.75, 3.05) is 7.11 Å². The highest BCUT2D eigenvalue weighted by atomic mass is 16.5. The monoisotopic (exact) mass is 546 g/mol. The summed E-state index contributed by atoms with van der Waals surface area (Å²) in [7, 11) is 1.45. The molecule has 5 rings (SSSR count). The van der Waals surface area contributed by atoms with Gasteiger partial charge in [0, 0.05) is 23.5 Å². The van der Waals surface area contributed by atoms with E-state index in [2.05, 4.69) is 5.18 Å². The maximum absolute atomic E-state index is 13.6. The summed E-state index contributed by atoms with van der Waals surface area (Å²) in [6.07, 6.45) is 3.96. The van der Waals surface area contributed by atoms with E-state index >= 15 is 0 Å². The molecule has 40 heavy (non-hydrogen) atoms. The van der Waals surface area contributed by atoms with Crippen molar-refractivity contribution < 1.29 is 39.5 Å². The third-order valence-electron chi connectivity index (χ3n) is 7.98. The second kappa shape index (κ2) is 9.76. The lowest BCUT2D eigenvalue weighted by atomic mass is 9.59. The number of aromatic hydroxyl groups is 1. The molecule has 3 atom stereocenters. The number of allylic oxidation sites excluding steroid dienone is 1. The first kappa shape index (κ1) is 26.8. The molecule has 0 aliphatic heterocycles. The Morgan fingerprint density at radius 1 is 1.18 bits per heavy atom. The summed E-state index contributed by atoms with van der Waals surface area (Å²) in [6.45, 7) is 0. The van der Waals surface area contributed by atoms with Crippen molar-refractivity contribution in [3.8, 4) is 11.5 Å². The van der Waals surface area contributed by atoms with E-state index in [4.69, 9.17) is 10.5 Å². The molecule has 3 aliphatic rings. The molecule has 11 heteroatoms. The number of primary amides is 1. The Kier molecular flexibility index (Phi) is 6.54. The molecule has 11 nitrogen and oxygen atoms in total. The first-order valence-corrected chi connectivity index (χ1v) is 12.5. The van der Waals surface area contributed by atoms with Crippen molar-refractivity contribution in [3.63, 3.8) is 0 Å². The number of phenolic OH excluding ortho intramolecular Hbond substituents is 1. The van der Waals surface area contributed by atoms with Gasteiger partial charge in [-0.2, -0.15) is 0 Å². The standard InChI is InChI=1S/C29H26N2O9/c1-40-21-9-13(5-8-19(21)32)3-2-4-14-6-7-18(31-39)23-17(14)11-15-10-16-12-20(33)24(28(30)37)27(36)29(16,38)26(35)22(15)25(23)34/h2,4-9,15-16,32,34,36,38H,3,10-12H2,1H3,(H2,30,37)/b4-2-/t15-,16+,29+/m1/s1. The Labute approximate surface area is 227 Å². The van der Waals surface area contributed by atoms with Crippen LogP contribution in [0.4, 0.5) is 5.69 Å². The van der Waals surface area contributed by atoms with Gasteiger partial charge in [-0.05, 0) is 65.2 Å². The Morgan fingerprint density at radius 3 is 2.60 bits per heavy atom. The minimum absolute atomic E-state index is 0.0163. The maximum Gasteiger partial charge on any atom is 0.255 e. The molecule has 0 spiro atoms. The van der Waals surface area contributed by atoms with Gasteiger partial charge in [-0.3, -0.25) is 14.4 Å². The predicted octanol–water partition coefficient (Wildman–Crippen LogP) is 3.09. The lowest BCUT2D eigenvalue weighted by molar-refractivity contribution is -0.147. The number of aliphatic hydroxyl groups excluding tert-OH is 2. The molecule has 0 heterocycles. The number of ether oxygens (including phenoxy) is 1. The second-order valence-corrected chi connectivity index (χ2v) is 10.1. The van der Waals surface area contributed by atoms with Crippen LogP contribution in [0.2, 0.25) is 0 Å². The largest absolute Gasteiger partial charge is 0.508 e. The molecule has 6 N–H and O–H groups in total. The molecule has 0 aromatic heterocycles. The van der Waals surface area contributed by atoms with Crippen molar-refractivity contribution in [1.29, 1.82) is 0 Å². The van der Waals surface area contributed by atoms with Gasteiger partial charge in [-0.15, -0.1) is 4.91 Å². The molecule has 0 radical (unpaired) electrons. The molecule has 3 aliphatic carbocycles. The van der Waals surface area contributed by atoms with E-state index in [1.54, 1.807) is 24.3 Å². The van der Waals surface area contributed by atoms with Crippen molar-refractivity contribution in [2.24, 2.45) is 22.7 Å². The number of fused-ring (bicyclic) bond motifs is 3. The number of hydrogen-bond donors (Lipinski definition) is 5. The van der Waals surface area contributed by atoms with Gasteiger partial charge in [0.1, 0.15) is 22.8 Å². The van der Waals surface area contributed by atoms with Crippen LogP contribution in [0.1, 0.15) is 35.1 Å². The van der Waals surface area contributed by atoms with Crippen molar-refractivity contribution in [3.05, 3.63) is 80.5 Å². The molecule has 0 saturated heterocycles. The minimum atomic E-state index is -2.62. The number of nitrogens with two attached hydrogens (primary N) is 1. The van der Waals surface area contributed by atoms with Gasteiger partial charge in [0.15, 0.2) is 22.9 Å². The fourth-order valence-corrected chi connectivity index (χ4v) is 6.05. The number of carbonyl (C=O) groups is 3. The summed E-state index contributed by atoms with van der Waals surface area (Å²) in [4.78, 5) is 49.6.